The molecule has 2 aromatic carbocycles. The number of benzene rings is 2. The third-order valence-electron chi connectivity index (χ3n) is 6.78. The number of ether oxygens (including phenoxy) is 2. The normalized spacial score (nSPS) is 14.1. The minimum atomic E-state index is -0.0662. The fraction of sp³-hybridized carbons (Fsp3) is 0.385. The Kier molecular flexibility index (Phi) is 6.76. The molecular weight excluding hydrogens is 444 g/mol. The van der Waals surface area contributed by atoms with Crippen molar-refractivity contribution in [1.29, 1.82) is 0 Å². The number of nitrogens with one attached hydrogen (secondary N) is 1. The van der Waals surface area contributed by atoms with Crippen LogP contribution in [0, 0.1) is 0 Å². The van der Waals surface area contributed by atoms with Crippen molar-refractivity contribution in [2.45, 2.75) is 51.4 Å². The van der Waals surface area contributed by atoms with Crippen LogP contribution in [-0.2, 0) is 19.6 Å². The van der Waals surface area contributed by atoms with E-state index in [9.17, 15) is 4.79 Å². The van der Waals surface area contributed by atoms with Gasteiger partial charge in [-0.2, -0.15) is 0 Å². The molecule has 0 radical (unpaired) electrons. The van der Waals surface area contributed by atoms with Gasteiger partial charge in [0.1, 0.15) is 11.5 Å². The molecule has 1 N–H and O–H groups in total. The Hall–Kier alpha value is -3.72. The van der Waals surface area contributed by atoms with Crippen molar-refractivity contribution in [2.24, 2.45) is 0 Å². The summed E-state index contributed by atoms with van der Waals surface area (Å²) in [6, 6.07) is 15.9. The lowest BCUT2D eigenvalue weighted by molar-refractivity contribution is 0.172. The van der Waals surface area contributed by atoms with E-state index in [4.69, 9.17) is 9.47 Å². The maximum Gasteiger partial charge on any atom is 0.252 e. The topological polar surface area (TPSA) is 98.2 Å². The van der Waals surface area contributed by atoms with Gasteiger partial charge in [0.2, 0.25) is 0 Å². The highest BCUT2D eigenvalue weighted by molar-refractivity contribution is 5.80. The van der Waals surface area contributed by atoms with Crippen LogP contribution in [0.2, 0.25) is 0 Å². The number of aromatic amines is 1. The summed E-state index contributed by atoms with van der Waals surface area (Å²) in [6.07, 6.45) is 4.62. The summed E-state index contributed by atoms with van der Waals surface area (Å²) in [5.41, 5.74) is 2.55. The van der Waals surface area contributed by atoms with E-state index < -0.39 is 0 Å². The predicted molar refractivity (Wildman–Crippen MR) is 133 cm³/mol. The van der Waals surface area contributed by atoms with E-state index in [0.717, 1.165) is 52.2 Å². The third-order valence-corrected chi connectivity index (χ3v) is 6.78. The number of pyridine rings is 1. The number of hydrogen-bond donors (Lipinski definition) is 1. The largest absolute Gasteiger partial charge is 0.497 e. The number of tetrazole rings is 1. The minimum Gasteiger partial charge on any atom is -0.497 e. The smallest absolute Gasteiger partial charge is 0.252 e. The van der Waals surface area contributed by atoms with Gasteiger partial charge in [0.15, 0.2) is 5.82 Å². The highest BCUT2D eigenvalue weighted by atomic mass is 16.5. The van der Waals surface area contributed by atoms with E-state index in [1.165, 1.54) is 12.8 Å². The minimum absolute atomic E-state index is 0.0662. The fourth-order valence-electron chi connectivity index (χ4n) is 4.82. The van der Waals surface area contributed by atoms with Crippen LogP contribution in [0.5, 0.6) is 11.5 Å². The fourth-order valence-corrected chi connectivity index (χ4v) is 4.82. The second-order valence-corrected chi connectivity index (χ2v) is 9.02. The van der Waals surface area contributed by atoms with Crippen molar-refractivity contribution in [3.8, 4) is 11.5 Å². The van der Waals surface area contributed by atoms with Gasteiger partial charge < -0.3 is 14.5 Å². The summed E-state index contributed by atoms with van der Waals surface area (Å²) in [6.45, 7) is 1.67. The lowest BCUT2D eigenvalue weighted by Crippen LogP contribution is -2.35. The van der Waals surface area contributed by atoms with E-state index in [2.05, 4.69) is 25.4 Å². The molecule has 9 heteroatoms. The molecule has 0 aliphatic heterocycles. The van der Waals surface area contributed by atoms with Gasteiger partial charge in [-0.3, -0.25) is 9.69 Å². The quantitative estimate of drug-likeness (QED) is 0.396. The molecule has 1 aliphatic rings. The highest BCUT2D eigenvalue weighted by Gasteiger charge is 2.25. The number of fused-ring (bicyclic) bond motifs is 1. The molecule has 0 unspecified atom stereocenters. The van der Waals surface area contributed by atoms with Crippen LogP contribution >= 0.6 is 0 Å². The van der Waals surface area contributed by atoms with Gasteiger partial charge in [-0.1, -0.05) is 25.0 Å². The van der Waals surface area contributed by atoms with Crippen LogP contribution in [0.15, 0.2) is 53.3 Å². The molecule has 0 bridgehead atoms. The zero-order chi connectivity index (χ0) is 24.2. The molecule has 0 amide bonds. The maximum absolute atomic E-state index is 12.9. The molecule has 2 aromatic heterocycles. The monoisotopic (exact) mass is 474 g/mol. The van der Waals surface area contributed by atoms with Crippen LogP contribution in [0.4, 0.5) is 0 Å². The van der Waals surface area contributed by atoms with Crippen LogP contribution < -0.4 is 15.0 Å². The second kappa shape index (κ2) is 10.3. The van der Waals surface area contributed by atoms with Gasteiger partial charge in [-0.25, -0.2) is 4.68 Å². The standard InChI is InChI=1S/C26H30N6O3/c1-34-22-9-7-18(8-10-22)15-32-25(28-29-30-32)17-31(21-5-3-4-6-21)16-20-13-19-14-23(35-2)11-12-24(19)27-26(20)33/h7-14,21H,3-6,15-17H2,1-2H3,(H,27,33). The molecule has 1 saturated carbocycles. The van der Waals surface area contributed by atoms with Gasteiger partial charge in [0.05, 0.1) is 27.3 Å². The van der Waals surface area contributed by atoms with Gasteiger partial charge in [0, 0.05) is 29.1 Å². The van der Waals surface area contributed by atoms with Gasteiger partial charge >= 0.3 is 0 Å². The maximum atomic E-state index is 12.9. The van der Waals surface area contributed by atoms with Crippen LogP contribution in [0.3, 0.4) is 0 Å². The molecule has 0 saturated heterocycles. The van der Waals surface area contributed by atoms with Gasteiger partial charge in [-0.15, -0.1) is 5.10 Å². The highest BCUT2D eigenvalue weighted by Crippen LogP contribution is 2.27. The SMILES string of the molecule is COc1ccc(Cn2nnnc2CN(Cc2cc3cc(OC)ccc3[nH]c2=O)C2CCCC2)cc1. The van der Waals surface area contributed by atoms with Crippen molar-refractivity contribution in [2.75, 3.05) is 14.2 Å². The lowest BCUT2D eigenvalue weighted by Gasteiger charge is -2.28. The Bertz CT molecular complexity index is 1340. The zero-order valence-electron chi connectivity index (χ0n) is 20.1. The molecule has 9 nitrogen and oxygen atoms in total. The third kappa shape index (κ3) is 5.19. The number of aromatic nitrogens is 5. The Labute approximate surface area is 203 Å². The van der Waals surface area contributed by atoms with Crippen LogP contribution in [-0.4, -0.2) is 50.4 Å². The zero-order valence-corrected chi connectivity index (χ0v) is 20.1. The van der Waals surface area contributed by atoms with Crippen LogP contribution in [0.25, 0.3) is 10.9 Å². The summed E-state index contributed by atoms with van der Waals surface area (Å²) >= 11 is 0. The first-order chi connectivity index (χ1) is 17.1. The van der Waals surface area contributed by atoms with E-state index in [1.807, 2.05) is 53.2 Å². The van der Waals surface area contributed by atoms with E-state index in [-0.39, 0.29) is 5.56 Å². The average molecular weight is 475 g/mol. The van der Waals surface area contributed by atoms with Gasteiger partial charge in [0.25, 0.3) is 5.56 Å². The molecule has 1 fully saturated rings. The number of methoxy groups -OCH3 is 2. The second-order valence-electron chi connectivity index (χ2n) is 9.02. The first-order valence-corrected chi connectivity index (χ1v) is 11.9. The molecule has 2 heterocycles. The molecule has 1 aliphatic carbocycles. The lowest BCUT2D eigenvalue weighted by atomic mass is 10.1. The summed E-state index contributed by atoms with van der Waals surface area (Å²) in [5.74, 6) is 2.36. The van der Waals surface area contributed by atoms with Crippen molar-refractivity contribution in [1.82, 2.24) is 30.1 Å². The Morgan fingerprint density at radius 2 is 1.74 bits per heavy atom. The van der Waals surface area contributed by atoms with Crippen molar-refractivity contribution in [3.05, 3.63) is 75.8 Å². The van der Waals surface area contributed by atoms with E-state index in [1.54, 1.807) is 14.2 Å². The summed E-state index contributed by atoms with van der Waals surface area (Å²) in [5, 5.41) is 13.5. The van der Waals surface area contributed by atoms with Crippen molar-refractivity contribution < 1.29 is 9.47 Å². The average Bonchev–Trinajstić information content (AvgIpc) is 3.57. The number of hydrogen-bond acceptors (Lipinski definition) is 7. The number of nitrogens with zero attached hydrogens (tertiary/aromatic N) is 5. The number of H-pyrrole nitrogens is 1. The first kappa shape index (κ1) is 23.0. The first-order valence-electron chi connectivity index (χ1n) is 11.9. The van der Waals surface area contributed by atoms with Crippen LogP contribution in [0.1, 0.15) is 42.6 Å². The molecule has 182 valence electrons. The summed E-state index contributed by atoms with van der Waals surface area (Å²) < 4.78 is 12.5. The van der Waals surface area contributed by atoms with E-state index in [0.29, 0.717) is 25.7 Å². The summed E-state index contributed by atoms with van der Waals surface area (Å²) in [4.78, 5) is 18.3. The number of rotatable bonds is 9. The molecule has 0 spiro atoms. The molecular formula is C26H30N6O3. The summed E-state index contributed by atoms with van der Waals surface area (Å²) in [7, 11) is 3.30. The molecule has 4 aromatic rings. The molecule has 5 rings (SSSR count). The molecule has 35 heavy (non-hydrogen) atoms. The molecule has 0 atom stereocenters. The Balaban J connectivity index is 1.40. The van der Waals surface area contributed by atoms with Crippen molar-refractivity contribution >= 4 is 10.9 Å². The van der Waals surface area contributed by atoms with E-state index >= 15 is 0 Å². The van der Waals surface area contributed by atoms with Gasteiger partial charge in [-0.05, 0) is 65.2 Å². The predicted octanol–water partition coefficient (Wildman–Crippen LogP) is 3.52. The van der Waals surface area contributed by atoms with Crippen molar-refractivity contribution in [3.63, 3.8) is 0 Å². The Morgan fingerprint density at radius 1 is 1.00 bits per heavy atom. The Morgan fingerprint density at radius 3 is 2.49 bits per heavy atom.